The zero-order valence-corrected chi connectivity index (χ0v) is 10.7. The number of fused-ring (bicyclic) bond motifs is 2. The van der Waals surface area contributed by atoms with Crippen LogP contribution in [0.4, 0.5) is 0 Å². The average molecular weight is 237 g/mol. The number of carbonyl (C=O) groups excluding carboxylic acids is 1. The summed E-state index contributed by atoms with van der Waals surface area (Å²) in [6.45, 7) is 1.64. The second kappa shape index (κ2) is 4.69. The Morgan fingerprint density at radius 1 is 1.24 bits per heavy atom. The van der Waals surface area contributed by atoms with Crippen molar-refractivity contribution < 1.29 is 9.53 Å². The third kappa shape index (κ3) is 2.27. The number of morpholine rings is 1. The number of hydrogen-bond donors (Lipinski definition) is 0. The van der Waals surface area contributed by atoms with E-state index in [-0.39, 0.29) is 0 Å². The SMILES string of the molecule is CN1C2COCC1CC(C(=O)CC1CCC1)C2. The Bertz CT molecular complexity index is 287. The third-order valence-electron chi connectivity index (χ3n) is 5.06. The van der Waals surface area contributed by atoms with E-state index in [1.165, 1.54) is 19.3 Å². The maximum Gasteiger partial charge on any atom is 0.136 e. The molecule has 3 heteroatoms. The number of likely N-dealkylation sites (N-methyl/N-ethyl adjacent to an activating group) is 1. The van der Waals surface area contributed by atoms with Crippen LogP contribution >= 0.6 is 0 Å². The van der Waals surface area contributed by atoms with Gasteiger partial charge < -0.3 is 4.74 Å². The lowest BCUT2D eigenvalue weighted by Crippen LogP contribution is -2.55. The Morgan fingerprint density at radius 3 is 2.41 bits per heavy atom. The van der Waals surface area contributed by atoms with Gasteiger partial charge in [0, 0.05) is 24.4 Å². The molecular weight excluding hydrogens is 214 g/mol. The summed E-state index contributed by atoms with van der Waals surface area (Å²) in [5.41, 5.74) is 0. The van der Waals surface area contributed by atoms with Crippen LogP contribution in [0.2, 0.25) is 0 Å². The third-order valence-corrected chi connectivity index (χ3v) is 5.06. The number of carbonyl (C=O) groups is 1. The highest BCUT2D eigenvalue weighted by Gasteiger charge is 2.39. The summed E-state index contributed by atoms with van der Waals surface area (Å²) < 4.78 is 5.60. The Morgan fingerprint density at radius 2 is 1.88 bits per heavy atom. The predicted octanol–water partition coefficient (Wildman–Crippen LogP) is 1.85. The largest absolute Gasteiger partial charge is 0.378 e. The molecule has 3 aliphatic rings. The Hall–Kier alpha value is -0.410. The summed E-state index contributed by atoms with van der Waals surface area (Å²) in [6.07, 6.45) is 6.82. The lowest BCUT2D eigenvalue weighted by Gasteiger charge is -2.46. The van der Waals surface area contributed by atoms with Gasteiger partial charge in [0.15, 0.2) is 0 Å². The van der Waals surface area contributed by atoms with Crippen molar-refractivity contribution in [3.8, 4) is 0 Å². The first kappa shape index (κ1) is 11.7. The summed E-state index contributed by atoms with van der Waals surface area (Å²) in [7, 11) is 2.18. The molecule has 0 N–H and O–H groups in total. The fraction of sp³-hybridized carbons (Fsp3) is 0.929. The average Bonchev–Trinajstić information content (AvgIpc) is 2.22. The molecule has 0 spiro atoms. The smallest absolute Gasteiger partial charge is 0.136 e. The van der Waals surface area contributed by atoms with E-state index in [4.69, 9.17) is 4.74 Å². The van der Waals surface area contributed by atoms with Gasteiger partial charge in [-0.05, 0) is 25.8 Å². The highest BCUT2D eigenvalue weighted by molar-refractivity contribution is 5.81. The lowest BCUT2D eigenvalue weighted by molar-refractivity contribution is -0.132. The predicted molar refractivity (Wildman–Crippen MR) is 65.8 cm³/mol. The zero-order valence-electron chi connectivity index (χ0n) is 10.7. The minimum atomic E-state index is 0.325. The molecule has 0 radical (unpaired) electrons. The molecule has 0 aromatic rings. The standard InChI is InChI=1S/C14H23NO2/c1-15-12-6-11(7-13(15)9-17-8-12)14(16)5-10-3-2-4-10/h10-13H,2-9H2,1H3. The first-order valence-electron chi connectivity index (χ1n) is 7.06. The molecule has 1 saturated carbocycles. The molecule has 2 unspecified atom stereocenters. The van der Waals surface area contributed by atoms with Gasteiger partial charge in [0.05, 0.1) is 13.2 Å². The van der Waals surface area contributed by atoms with Crippen molar-refractivity contribution in [1.82, 2.24) is 4.90 Å². The summed E-state index contributed by atoms with van der Waals surface area (Å²) in [5.74, 6) is 1.59. The van der Waals surface area contributed by atoms with Gasteiger partial charge in [0.2, 0.25) is 0 Å². The maximum atomic E-state index is 12.3. The molecule has 0 amide bonds. The van der Waals surface area contributed by atoms with Crippen molar-refractivity contribution in [2.45, 2.75) is 50.6 Å². The van der Waals surface area contributed by atoms with E-state index in [1.54, 1.807) is 0 Å². The van der Waals surface area contributed by atoms with Crippen LogP contribution in [0.25, 0.3) is 0 Å². The van der Waals surface area contributed by atoms with E-state index in [0.29, 0.717) is 23.8 Å². The molecule has 2 aliphatic heterocycles. The van der Waals surface area contributed by atoms with Gasteiger partial charge >= 0.3 is 0 Å². The van der Waals surface area contributed by atoms with Crippen LogP contribution in [0.5, 0.6) is 0 Å². The molecule has 0 aromatic heterocycles. The van der Waals surface area contributed by atoms with Crippen LogP contribution in [0.15, 0.2) is 0 Å². The first-order chi connectivity index (χ1) is 8.24. The van der Waals surface area contributed by atoms with Crippen molar-refractivity contribution in [3.05, 3.63) is 0 Å². The summed E-state index contributed by atoms with van der Waals surface area (Å²) in [5, 5.41) is 0. The van der Waals surface area contributed by atoms with Crippen LogP contribution < -0.4 is 0 Å². The van der Waals surface area contributed by atoms with Crippen molar-refractivity contribution in [1.29, 1.82) is 0 Å². The van der Waals surface area contributed by atoms with Crippen molar-refractivity contribution in [3.63, 3.8) is 0 Å². The van der Waals surface area contributed by atoms with Crippen LogP contribution in [-0.4, -0.2) is 43.0 Å². The van der Waals surface area contributed by atoms with E-state index in [1.807, 2.05) is 0 Å². The number of Topliss-reactive ketones (excluding diaryl/α,β-unsaturated/α-hetero) is 1. The Balaban J connectivity index is 1.58. The van der Waals surface area contributed by atoms with Crippen molar-refractivity contribution >= 4 is 5.78 Å². The van der Waals surface area contributed by atoms with Gasteiger partial charge in [-0.2, -0.15) is 0 Å². The second-order valence-electron chi connectivity index (χ2n) is 6.15. The molecule has 2 bridgehead atoms. The number of ketones is 1. The fourth-order valence-electron chi connectivity index (χ4n) is 3.51. The Kier molecular flexibility index (Phi) is 3.22. The zero-order chi connectivity index (χ0) is 11.8. The maximum absolute atomic E-state index is 12.3. The molecule has 3 fully saturated rings. The summed E-state index contributed by atoms with van der Waals surface area (Å²) in [6, 6.07) is 0.968. The quantitative estimate of drug-likeness (QED) is 0.750. The summed E-state index contributed by atoms with van der Waals surface area (Å²) >= 11 is 0. The monoisotopic (exact) mass is 237 g/mol. The van der Waals surface area contributed by atoms with Crippen molar-refractivity contribution in [2.75, 3.05) is 20.3 Å². The lowest BCUT2D eigenvalue weighted by atomic mass is 9.76. The molecule has 1 aliphatic carbocycles. The Labute approximate surface area is 104 Å². The van der Waals surface area contributed by atoms with Gasteiger partial charge in [0.25, 0.3) is 0 Å². The van der Waals surface area contributed by atoms with Crippen LogP contribution in [0.3, 0.4) is 0 Å². The van der Waals surface area contributed by atoms with Gasteiger partial charge in [0.1, 0.15) is 5.78 Å². The number of hydrogen-bond acceptors (Lipinski definition) is 3. The number of rotatable bonds is 3. The molecule has 2 saturated heterocycles. The molecular formula is C14H23NO2. The topological polar surface area (TPSA) is 29.5 Å². The second-order valence-corrected chi connectivity index (χ2v) is 6.15. The van der Waals surface area contributed by atoms with Crippen LogP contribution in [0, 0.1) is 11.8 Å². The van der Waals surface area contributed by atoms with E-state index in [0.717, 1.165) is 38.4 Å². The highest BCUT2D eigenvalue weighted by atomic mass is 16.5. The minimum absolute atomic E-state index is 0.325. The van der Waals surface area contributed by atoms with E-state index >= 15 is 0 Å². The number of ether oxygens (including phenoxy) is 1. The molecule has 3 nitrogen and oxygen atoms in total. The van der Waals surface area contributed by atoms with Crippen LogP contribution in [0.1, 0.15) is 38.5 Å². The molecule has 2 heterocycles. The normalized spacial score (nSPS) is 38.8. The van der Waals surface area contributed by atoms with E-state index < -0.39 is 0 Å². The molecule has 17 heavy (non-hydrogen) atoms. The fourth-order valence-corrected chi connectivity index (χ4v) is 3.51. The highest BCUT2D eigenvalue weighted by Crippen LogP contribution is 2.35. The molecule has 0 aromatic carbocycles. The molecule has 2 atom stereocenters. The van der Waals surface area contributed by atoms with Gasteiger partial charge in [-0.15, -0.1) is 0 Å². The molecule has 3 rings (SSSR count). The first-order valence-corrected chi connectivity index (χ1v) is 7.06. The number of nitrogens with zero attached hydrogens (tertiary/aromatic N) is 1. The van der Waals surface area contributed by atoms with Gasteiger partial charge in [-0.25, -0.2) is 0 Å². The van der Waals surface area contributed by atoms with E-state index in [9.17, 15) is 4.79 Å². The molecule has 96 valence electrons. The summed E-state index contributed by atoms with van der Waals surface area (Å²) in [4.78, 5) is 14.7. The van der Waals surface area contributed by atoms with Crippen LogP contribution in [-0.2, 0) is 9.53 Å². The van der Waals surface area contributed by atoms with E-state index in [2.05, 4.69) is 11.9 Å². The minimum Gasteiger partial charge on any atom is -0.378 e. The van der Waals surface area contributed by atoms with Gasteiger partial charge in [-0.3, -0.25) is 9.69 Å². The van der Waals surface area contributed by atoms with Gasteiger partial charge in [-0.1, -0.05) is 19.3 Å². The van der Waals surface area contributed by atoms with Crippen molar-refractivity contribution in [2.24, 2.45) is 11.8 Å². The number of piperidine rings is 1.